The van der Waals surface area contributed by atoms with Crippen LogP contribution in [-0.4, -0.2) is 0 Å². The normalized spacial score (nSPS) is 12.4. The van der Waals surface area contributed by atoms with Crippen molar-refractivity contribution in [2.24, 2.45) is 5.73 Å². The zero-order valence-corrected chi connectivity index (χ0v) is 6.77. The highest BCUT2D eigenvalue weighted by Crippen LogP contribution is 2.25. The smallest absolute Gasteiger partial charge is 0.0905 e. The van der Waals surface area contributed by atoms with E-state index in [1.807, 2.05) is 17.5 Å². The zero-order valence-electron chi connectivity index (χ0n) is 5.95. The van der Waals surface area contributed by atoms with Crippen LogP contribution in [0, 0.1) is 11.3 Å². The number of anilines is 1. The minimum atomic E-state index is -0.230. The third-order valence-corrected chi connectivity index (χ3v) is 2.20. The molecule has 0 saturated carbocycles. The first-order valence-electron chi connectivity index (χ1n) is 3.21. The highest BCUT2D eigenvalue weighted by molar-refractivity contribution is 7.14. The molecule has 0 aliphatic rings. The maximum Gasteiger partial charge on any atom is 0.0905 e. The van der Waals surface area contributed by atoms with Crippen molar-refractivity contribution in [2.45, 2.75) is 12.5 Å². The molecule has 4 N–H and O–H groups in total. The molecule has 1 rings (SSSR count). The Balaban J connectivity index is 2.77. The Hall–Kier alpha value is -1.05. The summed E-state index contributed by atoms with van der Waals surface area (Å²) in [6.07, 6.45) is 0.320. The Bertz CT molecular complexity index is 273. The first-order valence-corrected chi connectivity index (χ1v) is 4.09. The lowest BCUT2D eigenvalue weighted by Gasteiger charge is -2.04. The van der Waals surface area contributed by atoms with Gasteiger partial charge in [-0.1, -0.05) is 0 Å². The molecule has 4 heteroatoms. The quantitative estimate of drug-likeness (QED) is 0.695. The van der Waals surface area contributed by atoms with Crippen molar-refractivity contribution in [3.8, 4) is 6.07 Å². The second-order valence-electron chi connectivity index (χ2n) is 2.21. The van der Waals surface area contributed by atoms with Gasteiger partial charge in [-0.2, -0.15) is 5.26 Å². The Kier molecular flexibility index (Phi) is 2.47. The van der Waals surface area contributed by atoms with E-state index < -0.39 is 0 Å². The summed E-state index contributed by atoms with van der Waals surface area (Å²) in [4.78, 5) is 0. The predicted molar refractivity (Wildman–Crippen MR) is 45.9 cm³/mol. The lowest BCUT2D eigenvalue weighted by Crippen LogP contribution is -2.09. The Morgan fingerprint density at radius 2 is 2.45 bits per heavy atom. The van der Waals surface area contributed by atoms with Gasteiger partial charge in [0.25, 0.3) is 0 Å². The van der Waals surface area contributed by atoms with Crippen LogP contribution >= 0.6 is 11.3 Å². The largest absolute Gasteiger partial charge is 0.390 e. The van der Waals surface area contributed by atoms with E-state index in [-0.39, 0.29) is 6.04 Å². The van der Waals surface area contributed by atoms with Crippen LogP contribution in [-0.2, 0) is 0 Å². The minimum absolute atomic E-state index is 0.230. The van der Waals surface area contributed by atoms with Crippen LogP contribution in [0.4, 0.5) is 5.00 Å². The van der Waals surface area contributed by atoms with Crippen molar-refractivity contribution in [3.05, 3.63) is 17.0 Å². The fourth-order valence-electron chi connectivity index (χ4n) is 0.845. The van der Waals surface area contributed by atoms with Crippen LogP contribution in [0.25, 0.3) is 0 Å². The predicted octanol–water partition coefficient (Wildman–Crippen LogP) is 1.24. The van der Waals surface area contributed by atoms with E-state index in [9.17, 15) is 0 Å². The molecule has 0 amide bonds. The van der Waals surface area contributed by atoms with E-state index in [0.717, 1.165) is 5.56 Å². The first kappa shape index (κ1) is 8.05. The SMILES string of the molecule is N#CCC(N)c1ccsc1N. The van der Waals surface area contributed by atoms with Gasteiger partial charge in [0.15, 0.2) is 0 Å². The van der Waals surface area contributed by atoms with Crippen molar-refractivity contribution in [2.75, 3.05) is 5.73 Å². The summed E-state index contributed by atoms with van der Waals surface area (Å²) >= 11 is 1.45. The Morgan fingerprint density at radius 1 is 1.73 bits per heavy atom. The van der Waals surface area contributed by atoms with Crippen molar-refractivity contribution in [1.29, 1.82) is 5.26 Å². The van der Waals surface area contributed by atoms with E-state index in [0.29, 0.717) is 11.4 Å². The van der Waals surface area contributed by atoms with Crippen LogP contribution in [0.3, 0.4) is 0 Å². The standard InChI is InChI=1S/C7H9N3S/c8-3-1-6(9)5-2-4-11-7(5)10/h2,4,6H,1,9-10H2. The molecule has 1 heterocycles. The molecule has 0 fully saturated rings. The van der Waals surface area contributed by atoms with Gasteiger partial charge in [0.1, 0.15) is 0 Å². The average molecular weight is 167 g/mol. The van der Waals surface area contributed by atoms with E-state index >= 15 is 0 Å². The zero-order chi connectivity index (χ0) is 8.27. The van der Waals surface area contributed by atoms with Crippen molar-refractivity contribution < 1.29 is 0 Å². The van der Waals surface area contributed by atoms with Gasteiger partial charge in [0.05, 0.1) is 17.5 Å². The fraction of sp³-hybridized carbons (Fsp3) is 0.286. The number of hydrogen-bond acceptors (Lipinski definition) is 4. The summed E-state index contributed by atoms with van der Waals surface area (Å²) in [5.41, 5.74) is 12.1. The highest BCUT2D eigenvalue weighted by atomic mass is 32.1. The van der Waals surface area contributed by atoms with Crippen LogP contribution < -0.4 is 11.5 Å². The minimum Gasteiger partial charge on any atom is -0.390 e. The molecule has 0 aliphatic carbocycles. The van der Waals surface area contributed by atoms with Crippen molar-refractivity contribution in [1.82, 2.24) is 0 Å². The van der Waals surface area contributed by atoms with Gasteiger partial charge in [-0.05, 0) is 11.4 Å². The second kappa shape index (κ2) is 3.37. The van der Waals surface area contributed by atoms with Crippen molar-refractivity contribution >= 4 is 16.3 Å². The molecule has 0 saturated heterocycles. The monoisotopic (exact) mass is 167 g/mol. The molecule has 58 valence electrons. The fourth-order valence-corrected chi connectivity index (χ4v) is 1.56. The van der Waals surface area contributed by atoms with E-state index in [1.54, 1.807) is 0 Å². The number of nitrogens with two attached hydrogens (primary N) is 2. The number of thiophene rings is 1. The Morgan fingerprint density at radius 3 is 2.91 bits per heavy atom. The third kappa shape index (κ3) is 1.70. The summed E-state index contributed by atoms with van der Waals surface area (Å²) in [5.74, 6) is 0. The maximum atomic E-state index is 8.36. The van der Waals surface area contributed by atoms with Gasteiger partial charge >= 0.3 is 0 Å². The number of hydrogen-bond donors (Lipinski definition) is 2. The number of nitriles is 1. The van der Waals surface area contributed by atoms with Crippen molar-refractivity contribution in [3.63, 3.8) is 0 Å². The summed E-state index contributed by atoms with van der Waals surface area (Å²) in [6.45, 7) is 0. The van der Waals surface area contributed by atoms with Gasteiger partial charge in [-0.15, -0.1) is 11.3 Å². The highest BCUT2D eigenvalue weighted by Gasteiger charge is 2.08. The first-order chi connectivity index (χ1) is 5.25. The van der Waals surface area contributed by atoms with Gasteiger partial charge in [0.2, 0.25) is 0 Å². The molecule has 1 atom stereocenters. The van der Waals surface area contributed by atoms with Gasteiger partial charge < -0.3 is 11.5 Å². The van der Waals surface area contributed by atoms with E-state index in [2.05, 4.69) is 0 Å². The molecule has 1 aromatic heterocycles. The molecule has 1 aromatic rings. The van der Waals surface area contributed by atoms with Crippen LogP contribution in [0.15, 0.2) is 11.4 Å². The topological polar surface area (TPSA) is 75.8 Å². The third-order valence-electron chi connectivity index (χ3n) is 1.44. The molecular formula is C7H9N3S. The second-order valence-corrected chi connectivity index (χ2v) is 3.16. The number of nitrogen functional groups attached to an aromatic ring is 1. The molecular weight excluding hydrogens is 158 g/mol. The lowest BCUT2D eigenvalue weighted by atomic mass is 10.1. The van der Waals surface area contributed by atoms with Crippen LogP contribution in [0.5, 0.6) is 0 Å². The van der Waals surface area contributed by atoms with Crippen LogP contribution in [0.1, 0.15) is 18.0 Å². The molecule has 11 heavy (non-hydrogen) atoms. The average Bonchev–Trinajstić information content (AvgIpc) is 2.36. The summed E-state index contributed by atoms with van der Waals surface area (Å²) in [6, 6.07) is 3.64. The summed E-state index contributed by atoms with van der Waals surface area (Å²) in [5, 5.41) is 11.0. The van der Waals surface area contributed by atoms with Gasteiger partial charge in [-0.3, -0.25) is 0 Å². The molecule has 0 bridgehead atoms. The maximum absolute atomic E-state index is 8.36. The Labute approximate surface area is 69.2 Å². The van der Waals surface area contributed by atoms with Gasteiger partial charge in [-0.25, -0.2) is 0 Å². The van der Waals surface area contributed by atoms with Gasteiger partial charge in [0, 0.05) is 11.6 Å². The summed E-state index contributed by atoms with van der Waals surface area (Å²) in [7, 11) is 0. The lowest BCUT2D eigenvalue weighted by molar-refractivity contribution is 0.754. The van der Waals surface area contributed by atoms with E-state index in [4.69, 9.17) is 16.7 Å². The molecule has 0 spiro atoms. The van der Waals surface area contributed by atoms with E-state index in [1.165, 1.54) is 11.3 Å². The number of nitrogens with zero attached hydrogens (tertiary/aromatic N) is 1. The molecule has 1 unspecified atom stereocenters. The molecule has 0 aromatic carbocycles. The molecule has 0 aliphatic heterocycles. The van der Waals surface area contributed by atoms with Crippen LogP contribution in [0.2, 0.25) is 0 Å². The summed E-state index contributed by atoms with van der Waals surface area (Å²) < 4.78 is 0. The molecule has 3 nitrogen and oxygen atoms in total. The molecule has 0 radical (unpaired) electrons. The number of rotatable bonds is 2.